The maximum Gasteiger partial charge on any atom is 0.307 e. The zero-order valence-corrected chi connectivity index (χ0v) is 9.82. The van der Waals surface area contributed by atoms with Gasteiger partial charge in [-0.25, -0.2) is 0 Å². The number of carbonyl (C=O) groups is 1. The highest BCUT2D eigenvalue weighted by Crippen LogP contribution is 2.25. The molecule has 0 saturated carbocycles. The lowest BCUT2D eigenvalue weighted by Gasteiger charge is -2.24. The van der Waals surface area contributed by atoms with Gasteiger partial charge in [0.2, 0.25) is 0 Å². The van der Waals surface area contributed by atoms with Crippen molar-refractivity contribution in [2.45, 2.75) is 18.9 Å². The van der Waals surface area contributed by atoms with Gasteiger partial charge >= 0.3 is 5.97 Å². The Bertz CT molecular complexity index is 374. The molecule has 0 unspecified atom stereocenters. The molecule has 0 fully saturated rings. The fraction of sp³-hybridized carbons (Fsp3) is 0.417. The molecule has 0 bridgehead atoms. The van der Waals surface area contributed by atoms with Crippen LogP contribution in [0.1, 0.15) is 18.9 Å². The van der Waals surface area contributed by atoms with Crippen molar-refractivity contribution >= 4 is 5.97 Å². The van der Waals surface area contributed by atoms with Crippen molar-refractivity contribution in [1.82, 2.24) is 0 Å². The first kappa shape index (κ1) is 12.5. The highest BCUT2D eigenvalue weighted by Gasteiger charge is 2.25. The third kappa shape index (κ3) is 2.97. The summed E-state index contributed by atoms with van der Waals surface area (Å²) in [6.45, 7) is 1.79. The Kier molecular flexibility index (Phi) is 3.90. The molecule has 4 heteroatoms. The molecule has 0 heterocycles. The van der Waals surface area contributed by atoms with Crippen LogP contribution in [0.2, 0.25) is 0 Å². The Balaban J connectivity index is 2.92. The van der Waals surface area contributed by atoms with Crippen LogP contribution in [-0.2, 0) is 15.1 Å². The molecule has 0 saturated heterocycles. The smallest absolute Gasteiger partial charge is 0.307 e. The van der Waals surface area contributed by atoms with Crippen LogP contribution in [0.4, 0.5) is 0 Å². The minimum absolute atomic E-state index is 0.136. The number of ether oxygens (including phenoxy) is 2. The number of carbonyl (C=O) groups excluding carboxylic acids is 1. The highest BCUT2D eigenvalue weighted by atomic mass is 16.5. The van der Waals surface area contributed by atoms with Gasteiger partial charge in [-0.1, -0.05) is 12.1 Å². The average molecular weight is 223 g/mol. The maximum atomic E-state index is 11.2. The Morgan fingerprint density at radius 1 is 1.44 bits per heavy atom. The van der Waals surface area contributed by atoms with Crippen molar-refractivity contribution in [2.24, 2.45) is 5.73 Å². The van der Waals surface area contributed by atoms with Crippen LogP contribution in [-0.4, -0.2) is 20.2 Å². The predicted molar refractivity (Wildman–Crippen MR) is 61.2 cm³/mol. The van der Waals surface area contributed by atoms with Crippen molar-refractivity contribution in [3.8, 4) is 5.75 Å². The molecule has 0 aromatic heterocycles. The van der Waals surface area contributed by atoms with E-state index in [1.807, 2.05) is 24.3 Å². The van der Waals surface area contributed by atoms with Crippen LogP contribution >= 0.6 is 0 Å². The average Bonchev–Trinajstić information content (AvgIpc) is 2.28. The molecular weight excluding hydrogens is 206 g/mol. The van der Waals surface area contributed by atoms with Gasteiger partial charge in [0.1, 0.15) is 5.75 Å². The molecule has 1 atom stereocenters. The lowest BCUT2D eigenvalue weighted by atomic mass is 9.90. The van der Waals surface area contributed by atoms with Gasteiger partial charge in [0, 0.05) is 5.54 Å². The molecule has 0 aliphatic heterocycles. The first-order chi connectivity index (χ1) is 7.49. The largest absolute Gasteiger partial charge is 0.497 e. The second-order valence-electron chi connectivity index (χ2n) is 3.90. The molecule has 2 N–H and O–H groups in total. The van der Waals surface area contributed by atoms with E-state index in [2.05, 4.69) is 4.74 Å². The quantitative estimate of drug-likeness (QED) is 0.784. The van der Waals surface area contributed by atoms with Gasteiger partial charge in [0.25, 0.3) is 0 Å². The fourth-order valence-electron chi connectivity index (χ4n) is 1.45. The summed E-state index contributed by atoms with van der Waals surface area (Å²) in [4.78, 5) is 11.2. The van der Waals surface area contributed by atoms with E-state index < -0.39 is 5.54 Å². The van der Waals surface area contributed by atoms with Crippen LogP contribution in [0.3, 0.4) is 0 Å². The molecule has 0 amide bonds. The van der Waals surface area contributed by atoms with Gasteiger partial charge in [-0.3, -0.25) is 4.79 Å². The van der Waals surface area contributed by atoms with Gasteiger partial charge in [-0.2, -0.15) is 0 Å². The second kappa shape index (κ2) is 4.99. The van der Waals surface area contributed by atoms with Crippen LogP contribution in [0.5, 0.6) is 5.75 Å². The summed E-state index contributed by atoms with van der Waals surface area (Å²) in [7, 11) is 2.94. The van der Waals surface area contributed by atoms with Gasteiger partial charge in [0.05, 0.1) is 20.6 Å². The topological polar surface area (TPSA) is 61.5 Å². The molecule has 4 nitrogen and oxygen atoms in total. The molecule has 0 spiro atoms. The SMILES string of the molecule is COC(=O)C[C@@](C)(N)c1cccc(OC)c1. The summed E-state index contributed by atoms with van der Waals surface area (Å²) in [5.41, 5.74) is 6.18. The second-order valence-corrected chi connectivity index (χ2v) is 3.90. The van der Waals surface area contributed by atoms with Gasteiger partial charge in [-0.05, 0) is 24.6 Å². The normalized spacial score (nSPS) is 14.0. The van der Waals surface area contributed by atoms with Crippen molar-refractivity contribution in [3.63, 3.8) is 0 Å². The van der Waals surface area contributed by atoms with Crippen LogP contribution in [0, 0.1) is 0 Å². The Morgan fingerprint density at radius 3 is 2.69 bits per heavy atom. The standard InChI is InChI=1S/C12H17NO3/c1-12(13,8-11(14)16-3)9-5-4-6-10(7-9)15-2/h4-7H,8,13H2,1-3H3/t12-/m1/s1. The third-order valence-electron chi connectivity index (χ3n) is 2.47. The van der Waals surface area contributed by atoms with E-state index in [1.54, 1.807) is 14.0 Å². The molecule has 1 rings (SSSR count). The minimum Gasteiger partial charge on any atom is -0.497 e. The van der Waals surface area contributed by atoms with Crippen LogP contribution in [0.25, 0.3) is 0 Å². The van der Waals surface area contributed by atoms with Crippen molar-refractivity contribution in [3.05, 3.63) is 29.8 Å². The third-order valence-corrected chi connectivity index (χ3v) is 2.47. The first-order valence-corrected chi connectivity index (χ1v) is 5.00. The summed E-state index contributed by atoms with van der Waals surface area (Å²) in [5, 5.41) is 0. The summed E-state index contributed by atoms with van der Waals surface area (Å²) in [6.07, 6.45) is 0.136. The molecule has 0 aliphatic carbocycles. The number of methoxy groups -OCH3 is 2. The summed E-state index contributed by atoms with van der Waals surface area (Å²) in [5.74, 6) is 0.395. The van der Waals surface area contributed by atoms with Gasteiger partial charge in [-0.15, -0.1) is 0 Å². The highest BCUT2D eigenvalue weighted by molar-refractivity contribution is 5.71. The Labute approximate surface area is 95.3 Å². The Morgan fingerprint density at radius 2 is 2.12 bits per heavy atom. The number of hydrogen-bond donors (Lipinski definition) is 1. The number of hydrogen-bond acceptors (Lipinski definition) is 4. The zero-order valence-electron chi connectivity index (χ0n) is 9.82. The molecular formula is C12H17NO3. The van der Waals surface area contributed by atoms with E-state index in [0.717, 1.165) is 11.3 Å². The fourth-order valence-corrected chi connectivity index (χ4v) is 1.45. The van der Waals surface area contributed by atoms with E-state index in [-0.39, 0.29) is 12.4 Å². The summed E-state index contributed by atoms with van der Waals surface area (Å²) >= 11 is 0. The lowest BCUT2D eigenvalue weighted by Crippen LogP contribution is -2.35. The van der Waals surface area contributed by atoms with Crippen molar-refractivity contribution in [1.29, 1.82) is 0 Å². The van der Waals surface area contributed by atoms with E-state index in [4.69, 9.17) is 10.5 Å². The minimum atomic E-state index is -0.748. The molecule has 16 heavy (non-hydrogen) atoms. The molecule has 1 aromatic rings. The maximum absolute atomic E-state index is 11.2. The monoisotopic (exact) mass is 223 g/mol. The van der Waals surface area contributed by atoms with Crippen LogP contribution < -0.4 is 10.5 Å². The molecule has 1 aromatic carbocycles. The van der Waals surface area contributed by atoms with Gasteiger partial charge < -0.3 is 15.2 Å². The predicted octanol–water partition coefficient (Wildman–Crippen LogP) is 1.43. The summed E-state index contributed by atoms with van der Waals surface area (Å²) in [6, 6.07) is 7.36. The van der Waals surface area contributed by atoms with E-state index in [1.165, 1.54) is 7.11 Å². The summed E-state index contributed by atoms with van der Waals surface area (Å²) < 4.78 is 9.72. The lowest BCUT2D eigenvalue weighted by molar-refractivity contribution is -0.141. The number of nitrogens with two attached hydrogens (primary N) is 1. The molecule has 88 valence electrons. The molecule has 0 aliphatic rings. The zero-order chi connectivity index (χ0) is 12.2. The van der Waals surface area contributed by atoms with Crippen LogP contribution in [0.15, 0.2) is 24.3 Å². The van der Waals surface area contributed by atoms with E-state index in [9.17, 15) is 4.79 Å². The van der Waals surface area contributed by atoms with Gasteiger partial charge in [0.15, 0.2) is 0 Å². The number of benzene rings is 1. The number of esters is 1. The van der Waals surface area contributed by atoms with E-state index in [0.29, 0.717) is 0 Å². The van der Waals surface area contributed by atoms with E-state index >= 15 is 0 Å². The number of rotatable bonds is 4. The van der Waals surface area contributed by atoms with Crippen molar-refractivity contribution < 1.29 is 14.3 Å². The molecule has 0 radical (unpaired) electrons. The van der Waals surface area contributed by atoms with Crippen molar-refractivity contribution in [2.75, 3.05) is 14.2 Å². The Hall–Kier alpha value is -1.55. The first-order valence-electron chi connectivity index (χ1n) is 5.00.